The summed E-state index contributed by atoms with van der Waals surface area (Å²) in [5, 5.41) is 2.43. The Labute approximate surface area is 161 Å². The number of esters is 1. The lowest BCUT2D eigenvalue weighted by Crippen LogP contribution is -2.37. The molecule has 4 amide bonds. The Morgan fingerprint density at radius 1 is 1.07 bits per heavy atom. The van der Waals surface area contributed by atoms with Gasteiger partial charge in [-0.1, -0.05) is 25.0 Å². The maximum Gasteiger partial charge on any atom is 0.326 e. The Kier molecular flexibility index (Phi) is 5.72. The molecule has 0 unspecified atom stereocenters. The number of nitrogens with zero attached hydrogens (tertiary/aromatic N) is 1. The van der Waals surface area contributed by atoms with Gasteiger partial charge in [-0.3, -0.25) is 28.9 Å². The number of hydrogen-bond donors (Lipinski definition) is 2. The fourth-order valence-corrected chi connectivity index (χ4v) is 3.70. The predicted molar refractivity (Wildman–Crippen MR) is 96.7 cm³/mol. The molecule has 1 saturated carbocycles. The molecule has 9 nitrogen and oxygen atoms in total. The number of nitrogens with two attached hydrogens (primary N) is 1. The molecule has 0 bridgehead atoms. The minimum Gasteiger partial charge on any atom is -0.454 e. The number of amides is 4. The van der Waals surface area contributed by atoms with E-state index in [9.17, 15) is 24.0 Å². The van der Waals surface area contributed by atoms with Crippen LogP contribution in [0.2, 0.25) is 0 Å². The Morgan fingerprint density at radius 2 is 1.68 bits per heavy atom. The highest BCUT2D eigenvalue weighted by Gasteiger charge is 2.48. The van der Waals surface area contributed by atoms with Gasteiger partial charge >= 0.3 is 5.97 Å². The van der Waals surface area contributed by atoms with Crippen LogP contribution in [0.3, 0.4) is 0 Å². The molecular weight excluding hydrogens is 366 g/mol. The number of nitrogens with one attached hydrogen (secondary N) is 1. The van der Waals surface area contributed by atoms with Crippen molar-refractivity contribution in [1.29, 1.82) is 0 Å². The number of carbonyl (C=O) groups is 5. The first-order chi connectivity index (χ1) is 13.4. The smallest absolute Gasteiger partial charge is 0.326 e. The average molecular weight is 387 g/mol. The summed E-state index contributed by atoms with van der Waals surface area (Å²) < 4.78 is 4.88. The third-order valence-electron chi connectivity index (χ3n) is 5.05. The number of hydrogen-bond acceptors (Lipinski definition) is 6. The number of para-hydroxylation sites is 1. The highest BCUT2D eigenvalue weighted by atomic mass is 16.5. The van der Waals surface area contributed by atoms with Crippen molar-refractivity contribution in [3.63, 3.8) is 0 Å². The van der Waals surface area contributed by atoms with Crippen LogP contribution in [-0.4, -0.2) is 47.6 Å². The first-order valence-electron chi connectivity index (χ1n) is 9.08. The van der Waals surface area contributed by atoms with Crippen LogP contribution in [0.15, 0.2) is 24.3 Å². The molecule has 1 aliphatic heterocycles. The molecule has 1 aliphatic carbocycles. The minimum atomic E-state index is -0.848. The number of benzene rings is 1. The van der Waals surface area contributed by atoms with E-state index in [-0.39, 0.29) is 34.9 Å². The van der Waals surface area contributed by atoms with Crippen LogP contribution >= 0.6 is 0 Å². The quantitative estimate of drug-likeness (QED) is 0.537. The van der Waals surface area contributed by atoms with Crippen molar-refractivity contribution in [3.05, 3.63) is 29.8 Å². The van der Waals surface area contributed by atoms with Crippen molar-refractivity contribution in [3.8, 4) is 0 Å². The van der Waals surface area contributed by atoms with Crippen molar-refractivity contribution in [2.24, 2.45) is 17.6 Å². The zero-order valence-corrected chi connectivity index (χ0v) is 15.2. The second-order valence-corrected chi connectivity index (χ2v) is 6.88. The van der Waals surface area contributed by atoms with E-state index in [1.807, 2.05) is 0 Å². The maximum atomic E-state index is 12.3. The number of ether oxygens (including phenoxy) is 1. The van der Waals surface area contributed by atoms with E-state index in [4.69, 9.17) is 10.5 Å². The number of imide groups is 1. The molecule has 1 heterocycles. The largest absolute Gasteiger partial charge is 0.454 e. The molecule has 3 rings (SSSR count). The van der Waals surface area contributed by atoms with E-state index in [0.717, 1.165) is 17.7 Å². The van der Waals surface area contributed by atoms with Crippen molar-refractivity contribution in [1.82, 2.24) is 4.90 Å². The van der Waals surface area contributed by atoms with Crippen LogP contribution in [0.5, 0.6) is 0 Å². The van der Waals surface area contributed by atoms with Gasteiger partial charge in [-0.2, -0.15) is 0 Å². The normalized spacial score (nSPS) is 21.2. The minimum absolute atomic E-state index is 0.123. The van der Waals surface area contributed by atoms with Crippen LogP contribution in [-0.2, 0) is 23.9 Å². The van der Waals surface area contributed by atoms with Crippen LogP contribution in [0.4, 0.5) is 5.69 Å². The third-order valence-corrected chi connectivity index (χ3v) is 5.05. The predicted octanol–water partition coefficient (Wildman–Crippen LogP) is 0.442. The molecule has 1 aromatic carbocycles. The van der Waals surface area contributed by atoms with Crippen LogP contribution in [0.1, 0.15) is 36.0 Å². The molecule has 148 valence electrons. The van der Waals surface area contributed by atoms with E-state index < -0.39 is 30.9 Å². The Balaban J connectivity index is 1.52. The van der Waals surface area contributed by atoms with Gasteiger partial charge in [0.15, 0.2) is 6.61 Å². The van der Waals surface area contributed by atoms with E-state index in [2.05, 4.69) is 5.32 Å². The van der Waals surface area contributed by atoms with Crippen LogP contribution in [0, 0.1) is 11.8 Å². The molecule has 3 N–H and O–H groups in total. The summed E-state index contributed by atoms with van der Waals surface area (Å²) in [7, 11) is 0. The zero-order valence-electron chi connectivity index (χ0n) is 15.2. The van der Waals surface area contributed by atoms with Crippen molar-refractivity contribution < 1.29 is 28.7 Å². The van der Waals surface area contributed by atoms with Crippen LogP contribution < -0.4 is 11.1 Å². The van der Waals surface area contributed by atoms with Gasteiger partial charge in [0.05, 0.1) is 23.1 Å². The molecule has 0 aromatic heterocycles. The Morgan fingerprint density at radius 3 is 2.29 bits per heavy atom. The fourth-order valence-electron chi connectivity index (χ4n) is 3.70. The molecule has 2 aliphatic rings. The second kappa shape index (κ2) is 8.20. The van der Waals surface area contributed by atoms with E-state index in [1.54, 1.807) is 12.1 Å². The van der Waals surface area contributed by atoms with Gasteiger partial charge in [-0.15, -0.1) is 0 Å². The number of likely N-dealkylation sites (tertiary alicyclic amines) is 1. The van der Waals surface area contributed by atoms with Crippen LogP contribution in [0.25, 0.3) is 0 Å². The van der Waals surface area contributed by atoms with Gasteiger partial charge in [0.25, 0.3) is 11.8 Å². The fraction of sp³-hybridized carbons (Fsp3) is 0.421. The third kappa shape index (κ3) is 4.03. The van der Waals surface area contributed by atoms with Crippen molar-refractivity contribution >= 4 is 35.3 Å². The molecule has 9 heteroatoms. The molecule has 0 radical (unpaired) electrons. The molecule has 2 fully saturated rings. The summed E-state index contributed by atoms with van der Waals surface area (Å²) in [4.78, 5) is 60.9. The standard InChI is InChI=1S/C19H21N3O6/c20-17(25)13-7-3-4-8-14(13)21-15(23)10-28-16(24)9-22-18(26)11-5-1-2-6-12(11)19(22)27/h3-4,7-8,11-12H,1-2,5-6,9-10H2,(H2,20,25)(H,21,23)/t11-,12-/m0/s1. The monoisotopic (exact) mass is 387 g/mol. The first-order valence-corrected chi connectivity index (χ1v) is 9.08. The van der Waals surface area contributed by atoms with Crippen molar-refractivity contribution in [2.75, 3.05) is 18.5 Å². The lowest BCUT2D eigenvalue weighted by molar-refractivity contribution is -0.154. The number of fused-ring (bicyclic) bond motifs is 1. The van der Waals surface area contributed by atoms with E-state index in [0.29, 0.717) is 12.8 Å². The molecule has 0 spiro atoms. The number of anilines is 1. The molecule has 1 aromatic rings. The topological polar surface area (TPSA) is 136 Å². The first kappa shape index (κ1) is 19.5. The van der Waals surface area contributed by atoms with Gasteiger partial charge in [0.2, 0.25) is 11.8 Å². The van der Waals surface area contributed by atoms with Gasteiger partial charge < -0.3 is 15.8 Å². The summed E-state index contributed by atoms with van der Waals surface area (Å²) in [6.45, 7) is -1.12. The summed E-state index contributed by atoms with van der Waals surface area (Å²) >= 11 is 0. The average Bonchev–Trinajstić information content (AvgIpc) is 2.92. The maximum absolute atomic E-state index is 12.3. The summed E-state index contributed by atoms with van der Waals surface area (Å²) in [6.07, 6.45) is 3.10. The molecule has 1 saturated heterocycles. The van der Waals surface area contributed by atoms with Gasteiger partial charge in [-0.05, 0) is 25.0 Å². The van der Waals surface area contributed by atoms with Crippen molar-refractivity contribution in [2.45, 2.75) is 25.7 Å². The zero-order chi connectivity index (χ0) is 20.3. The lowest BCUT2D eigenvalue weighted by atomic mass is 9.81. The number of primary amides is 1. The molecule has 2 atom stereocenters. The SMILES string of the molecule is NC(=O)c1ccccc1NC(=O)COC(=O)CN1C(=O)[C@H]2CCCC[C@@H]2C1=O. The van der Waals surface area contributed by atoms with E-state index >= 15 is 0 Å². The summed E-state index contributed by atoms with van der Waals surface area (Å²) in [6, 6.07) is 6.15. The molecule has 28 heavy (non-hydrogen) atoms. The Bertz CT molecular complexity index is 813. The van der Waals surface area contributed by atoms with E-state index in [1.165, 1.54) is 12.1 Å². The number of carbonyl (C=O) groups excluding carboxylic acids is 5. The Hall–Kier alpha value is -3.23. The lowest BCUT2D eigenvalue weighted by Gasteiger charge is -2.19. The second-order valence-electron chi connectivity index (χ2n) is 6.88. The highest BCUT2D eigenvalue weighted by Crippen LogP contribution is 2.37. The number of rotatable bonds is 6. The van der Waals surface area contributed by atoms with Gasteiger partial charge in [0, 0.05) is 0 Å². The highest BCUT2D eigenvalue weighted by molar-refractivity contribution is 6.07. The van der Waals surface area contributed by atoms with Gasteiger partial charge in [0.1, 0.15) is 6.54 Å². The molecular formula is C19H21N3O6. The van der Waals surface area contributed by atoms with Gasteiger partial charge in [-0.25, -0.2) is 0 Å². The summed E-state index contributed by atoms with van der Waals surface area (Å²) in [5.41, 5.74) is 5.56. The summed E-state index contributed by atoms with van der Waals surface area (Å²) in [5.74, 6) is -3.60.